The Labute approximate surface area is 175 Å². The van der Waals surface area contributed by atoms with Crippen LogP contribution in [0.15, 0.2) is 53.3 Å². The highest BCUT2D eigenvalue weighted by molar-refractivity contribution is 5.90. The molecular formula is C20H17FN4O6. The number of ether oxygens (including phenoxy) is 2. The quantitative estimate of drug-likeness (QED) is 0.453. The van der Waals surface area contributed by atoms with Crippen molar-refractivity contribution in [3.05, 3.63) is 74.8 Å². The minimum atomic E-state index is -1.03. The number of methoxy groups -OCH3 is 2. The number of carbonyl (C=O) groups is 1. The molecule has 1 heterocycles. The zero-order chi connectivity index (χ0) is 22.5. The summed E-state index contributed by atoms with van der Waals surface area (Å²) < 4.78 is 24.9. The van der Waals surface area contributed by atoms with Crippen LogP contribution < -0.4 is 20.3 Å². The summed E-state index contributed by atoms with van der Waals surface area (Å²) in [5, 5.41) is 17.4. The predicted molar refractivity (Wildman–Crippen MR) is 109 cm³/mol. The predicted octanol–water partition coefficient (Wildman–Crippen LogP) is 2.61. The molecule has 1 amide bonds. The van der Waals surface area contributed by atoms with E-state index in [9.17, 15) is 24.1 Å². The molecule has 0 aliphatic heterocycles. The lowest BCUT2D eigenvalue weighted by atomic mass is 10.1. The monoisotopic (exact) mass is 428 g/mol. The Bertz CT molecular complexity index is 1210. The fraction of sp³-hybridized carbons (Fsp3) is 0.150. The van der Waals surface area contributed by atoms with Gasteiger partial charge in [0.15, 0.2) is 0 Å². The summed E-state index contributed by atoms with van der Waals surface area (Å²) in [5.74, 6) is -0.668. The lowest BCUT2D eigenvalue weighted by molar-refractivity contribution is -0.387. The van der Waals surface area contributed by atoms with Gasteiger partial charge in [0.2, 0.25) is 11.7 Å². The Kier molecular flexibility index (Phi) is 6.24. The molecule has 0 bridgehead atoms. The summed E-state index contributed by atoms with van der Waals surface area (Å²) in [7, 11) is 2.99. The zero-order valence-electron chi connectivity index (χ0n) is 16.5. The molecule has 3 aromatic rings. The van der Waals surface area contributed by atoms with E-state index in [0.717, 1.165) is 16.8 Å². The van der Waals surface area contributed by atoms with E-state index >= 15 is 0 Å². The number of halogens is 1. The molecule has 0 aliphatic carbocycles. The second-order valence-corrected chi connectivity index (χ2v) is 6.25. The molecule has 1 aromatic heterocycles. The fourth-order valence-corrected chi connectivity index (χ4v) is 2.79. The molecule has 0 saturated carbocycles. The molecule has 31 heavy (non-hydrogen) atoms. The minimum Gasteiger partial charge on any atom is -0.497 e. The Hall–Kier alpha value is -4.28. The summed E-state index contributed by atoms with van der Waals surface area (Å²) >= 11 is 0. The fourth-order valence-electron chi connectivity index (χ4n) is 2.79. The SMILES string of the molecule is COc1ccc(OC)c(-c2ccc(=O)n(CC(=O)Nc3ccc(F)c([N+](=O)[O-])c3)n2)c1. The molecule has 2 aromatic carbocycles. The number of amides is 1. The van der Waals surface area contributed by atoms with E-state index in [1.54, 1.807) is 18.2 Å². The molecule has 0 spiro atoms. The normalized spacial score (nSPS) is 10.4. The number of benzene rings is 2. The van der Waals surface area contributed by atoms with E-state index in [1.807, 2.05) is 0 Å². The van der Waals surface area contributed by atoms with Gasteiger partial charge in [-0.3, -0.25) is 19.7 Å². The van der Waals surface area contributed by atoms with Crippen LogP contribution >= 0.6 is 0 Å². The van der Waals surface area contributed by atoms with Crippen LogP contribution in [0.1, 0.15) is 0 Å². The van der Waals surface area contributed by atoms with Gasteiger partial charge in [0.1, 0.15) is 18.0 Å². The van der Waals surface area contributed by atoms with Crippen molar-refractivity contribution in [1.29, 1.82) is 0 Å². The summed E-state index contributed by atoms with van der Waals surface area (Å²) in [5.41, 5.74) is -0.395. The van der Waals surface area contributed by atoms with Crippen molar-refractivity contribution < 1.29 is 23.6 Å². The van der Waals surface area contributed by atoms with Gasteiger partial charge in [0.25, 0.3) is 5.56 Å². The third-order valence-electron chi connectivity index (χ3n) is 4.27. The Morgan fingerprint density at radius 1 is 1.16 bits per heavy atom. The molecular weight excluding hydrogens is 411 g/mol. The molecule has 0 unspecified atom stereocenters. The molecule has 0 fully saturated rings. The first-order chi connectivity index (χ1) is 14.8. The van der Waals surface area contributed by atoms with Crippen LogP contribution in [-0.4, -0.2) is 34.8 Å². The number of nitrogens with one attached hydrogen (secondary N) is 1. The topological polar surface area (TPSA) is 126 Å². The van der Waals surface area contributed by atoms with Crippen molar-refractivity contribution in [2.75, 3.05) is 19.5 Å². The summed E-state index contributed by atoms with van der Waals surface area (Å²) in [6, 6.07) is 10.7. The Balaban J connectivity index is 1.87. The van der Waals surface area contributed by atoms with E-state index in [2.05, 4.69) is 10.4 Å². The maximum atomic E-state index is 13.5. The molecule has 3 rings (SSSR count). The van der Waals surface area contributed by atoms with Crippen molar-refractivity contribution in [2.24, 2.45) is 0 Å². The lowest BCUT2D eigenvalue weighted by Crippen LogP contribution is -2.29. The van der Waals surface area contributed by atoms with Gasteiger partial charge in [-0.2, -0.15) is 9.49 Å². The maximum absolute atomic E-state index is 13.5. The Morgan fingerprint density at radius 2 is 1.94 bits per heavy atom. The van der Waals surface area contributed by atoms with Gasteiger partial charge in [-0.05, 0) is 36.4 Å². The van der Waals surface area contributed by atoms with E-state index in [4.69, 9.17) is 9.47 Å². The van der Waals surface area contributed by atoms with Crippen molar-refractivity contribution in [2.45, 2.75) is 6.54 Å². The average molecular weight is 428 g/mol. The maximum Gasteiger partial charge on any atom is 0.306 e. The first-order valence-electron chi connectivity index (χ1n) is 8.86. The van der Waals surface area contributed by atoms with Crippen LogP contribution in [0.3, 0.4) is 0 Å². The number of nitro benzene ring substituents is 1. The van der Waals surface area contributed by atoms with Crippen molar-refractivity contribution in [3.8, 4) is 22.8 Å². The van der Waals surface area contributed by atoms with E-state index in [1.165, 1.54) is 32.4 Å². The minimum absolute atomic E-state index is 0.0109. The van der Waals surface area contributed by atoms with Crippen LogP contribution in [0.2, 0.25) is 0 Å². The number of aromatic nitrogens is 2. The number of anilines is 1. The number of nitrogens with zero attached hydrogens (tertiary/aromatic N) is 3. The number of hydrogen-bond acceptors (Lipinski definition) is 7. The van der Waals surface area contributed by atoms with E-state index in [0.29, 0.717) is 22.8 Å². The van der Waals surface area contributed by atoms with Crippen LogP contribution in [-0.2, 0) is 11.3 Å². The largest absolute Gasteiger partial charge is 0.497 e. The molecule has 11 heteroatoms. The third-order valence-corrected chi connectivity index (χ3v) is 4.27. The van der Waals surface area contributed by atoms with Crippen LogP contribution in [0.5, 0.6) is 11.5 Å². The van der Waals surface area contributed by atoms with Gasteiger partial charge >= 0.3 is 5.69 Å². The third kappa shape index (κ3) is 4.83. The first kappa shape index (κ1) is 21.4. The van der Waals surface area contributed by atoms with Crippen molar-refractivity contribution in [1.82, 2.24) is 9.78 Å². The smallest absolute Gasteiger partial charge is 0.306 e. The molecule has 10 nitrogen and oxygen atoms in total. The molecule has 1 N–H and O–H groups in total. The van der Waals surface area contributed by atoms with E-state index < -0.39 is 34.4 Å². The molecule has 0 atom stereocenters. The average Bonchev–Trinajstić information content (AvgIpc) is 2.76. The highest BCUT2D eigenvalue weighted by atomic mass is 19.1. The van der Waals surface area contributed by atoms with Crippen LogP contribution in [0.4, 0.5) is 15.8 Å². The van der Waals surface area contributed by atoms with Crippen LogP contribution in [0.25, 0.3) is 11.3 Å². The molecule has 160 valence electrons. The standard InChI is InChI=1S/C20H17FN4O6/c1-30-13-4-7-18(31-2)14(10-13)16-6-8-20(27)24(23-16)11-19(26)22-12-3-5-15(21)17(9-12)25(28)29/h3-10H,11H2,1-2H3,(H,22,26). The van der Waals surface area contributed by atoms with Gasteiger partial charge in [0.05, 0.1) is 24.8 Å². The highest BCUT2D eigenvalue weighted by Gasteiger charge is 2.16. The highest BCUT2D eigenvalue weighted by Crippen LogP contribution is 2.31. The van der Waals surface area contributed by atoms with Crippen LogP contribution in [0, 0.1) is 15.9 Å². The van der Waals surface area contributed by atoms with Gasteiger partial charge in [-0.25, -0.2) is 4.68 Å². The summed E-state index contributed by atoms with van der Waals surface area (Å²) in [6.07, 6.45) is 0. The summed E-state index contributed by atoms with van der Waals surface area (Å²) in [4.78, 5) is 34.5. The lowest BCUT2D eigenvalue weighted by Gasteiger charge is -2.12. The molecule has 0 radical (unpaired) electrons. The summed E-state index contributed by atoms with van der Waals surface area (Å²) in [6.45, 7) is -0.468. The second kappa shape index (κ2) is 9.03. The van der Waals surface area contributed by atoms with Gasteiger partial charge in [-0.1, -0.05) is 0 Å². The number of nitro groups is 1. The van der Waals surface area contributed by atoms with Gasteiger partial charge < -0.3 is 14.8 Å². The van der Waals surface area contributed by atoms with Gasteiger partial charge in [0, 0.05) is 23.4 Å². The number of carbonyl (C=O) groups excluding carboxylic acids is 1. The van der Waals surface area contributed by atoms with Gasteiger partial charge in [-0.15, -0.1) is 0 Å². The number of hydrogen-bond donors (Lipinski definition) is 1. The molecule has 0 saturated heterocycles. The zero-order valence-corrected chi connectivity index (χ0v) is 16.5. The number of rotatable bonds is 7. The molecule has 0 aliphatic rings. The Morgan fingerprint density at radius 3 is 2.61 bits per heavy atom. The van der Waals surface area contributed by atoms with E-state index in [-0.39, 0.29) is 5.69 Å². The second-order valence-electron chi connectivity index (χ2n) is 6.25. The van der Waals surface area contributed by atoms with Crippen molar-refractivity contribution >= 4 is 17.3 Å². The first-order valence-corrected chi connectivity index (χ1v) is 8.86. The van der Waals surface area contributed by atoms with Crippen molar-refractivity contribution in [3.63, 3.8) is 0 Å².